The van der Waals surface area contributed by atoms with Gasteiger partial charge in [-0.1, -0.05) is 29.8 Å². The molecule has 0 aliphatic carbocycles. The largest absolute Gasteiger partial charge is 0.367 e. The van der Waals surface area contributed by atoms with Crippen molar-refractivity contribution in [2.45, 2.75) is 6.10 Å². The fourth-order valence-electron chi connectivity index (χ4n) is 2.34. The van der Waals surface area contributed by atoms with Crippen LogP contribution in [0.3, 0.4) is 0 Å². The van der Waals surface area contributed by atoms with Crippen LogP contribution in [0, 0.1) is 0 Å². The first kappa shape index (κ1) is 14.7. The second kappa shape index (κ2) is 6.29. The number of ether oxygens (including phenoxy) is 1. The quantitative estimate of drug-likeness (QED) is 0.927. The predicted molar refractivity (Wildman–Crippen MR) is 83.6 cm³/mol. The first-order valence-corrected chi connectivity index (χ1v) is 7.27. The smallest absolute Gasteiger partial charge is 0.248 e. The van der Waals surface area contributed by atoms with Crippen LogP contribution in [-0.4, -0.2) is 41.9 Å². The van der Waals surface area contributed by atoms with Gasteiger partial charge in [0.15, 0.2) is 11.9 Å². The Morgan fingerprint density at radius 2 is 2.09 bits per heavy atom. The highest BCUT2D eigenvalue weighted by molar-refractivity contribution is 6.33. The molecule has 2 aromatic rings. The van der Waals surface area contributed by atoms with Gasteiger partial charge in [0.25, 0.3) is 0 Å². The van der Waals surface area contributed by atoms with Crippen molar-refractivity contribution < 1.29 is 9.53 Å². The van der Waals surface area contributed by atoms with Gasteiger partial charge in [0, 0.05) is 12.1 Å². The number of benzene rings is 1. The van der Waals surface area contributed by atoms with E-state index in [9.17, 15) is 4.79 Å². The number of nitrogens with zero attached hydrogens (tertiary/aromatic N) is 3. The molecular formula is C15H15ClN4O2. The van der Waals surface area contributed by atoms with Gasteiger partial charge < -0.3 is 15.4 Å². The van der Waals surface area contributed by atoms with Crippen molar-refractivity contribution in [3.05, 3.63) is 41.4 Å². The van der Waals surface area contributed by atoms with Gasteiger partial charge in [-0.2, -0.15) is 0 Å². The first-order chi connectivity index (χ1) is 10.6. The summed E-state index contributed by atoms with van der Waals surface area (Å²) in [6.45, 7) is 1.46. The Labute approximate surface area is 132 Å². The Bertz CT molecular complexity index is 677. The number of rotatable bonds is 3. The lowest BCUT2D eigenvalue weighted by Gasteiger charge is -2.31. The molecule has 114 valence electrons. The summed E-state index contributed by atoms with van der Waals surface area (Å²) in [5, 5.41) is 9.07. The van der Waals surface area contributed by atoms with Crippen LogP contribution in [0.15, 0.2) is 36.4 Å². The summed E-state index contributed by atoms with van der Waals surface area (Å²) in [4.78, 5) is 13.2. The molecule has 0 spiro atoms. The molecule has 1 unspecified atom stereocenters. The Kier molecular flexibility index (Phi) is 4.22. The van der Waals surface area contributed by atoms with Crippen LogP contribution in [-0.2, 0) is 9.53 Å². The summed E-state index contributed by atoms with van der Waals surface area (Å²) in [7, 11) is 0. The number of anilines is 1. The van der Waals surface area contributed by atoms with Gasteiger partial charge in [-0.3, -0.25) is 4.79 Å². The van der Waals surface area contributed by atoms with Crippen LogP contribution in [0.2, 0.25) is 5.02 Å². The lowest BCUT2D eigenvalue weighted by Crippen LogP contribution is -2.48. The third kappa shape index (κ3) is 3.03. The van der Waals surface area contributed by atoms with E-state index in [1.165, 1.54) is 0 Å². The number of aromatic nitrogens is 2. The fourth-order valence-corrected chi connectivity index (χ4v) is 2.57. The summed E-state index contributed by atoms with van der Waals surface area (Å²) in [5.41, 5.74) is 6.82. The summed E-state index contributed by atoms with van der Waals surface area (Å²) in [6.07, 6.45) is -0.612. The maximum absolute atomic E-state index is 11.2. The molecule has 0 saturated carbocycles. The molecule has 7 heteroatoms. The van der Waals surface area contributed by atoms with Crippen LogP contribution < -0.4 is 10.6 Å². The molecule has 0 radical (unpaired) electrons. The van der Waals surface area contributed by atoms with E-state index < -0.39 is 12.0 Å². The van der Waals surface area contributed by atoms with Crippen LogP contribution in [0.1, 0.15) is 0 Å². The number of halogens is 1. The molecule has 1 amide bonds. The van der Waals surface area contributed by atoms with E-state index in [0.717, 1.165) is 5.56 Å². The number of amides is 1. The summed E-state index contributed by atoms with van der Waals surface area (Å²) < 4.78 is 5.32. The SMILES string of the molecule is NC(=O)C1CN(c2ccc(-c3ccccc3Cl)nn2)CCO1. The third-order valence-corrected chi connectivity index (χ3v) is 3.84. The number of carbonyl (C=O) groups excluding carboxylic acids is 1. The third-order valence-electron chi connectivity index (χ3n) is 3.51. The minimum Gasteiger partial charge on any atom is -0.367 e. The van der Waals surface area contributed by atoms with E-state index in [2.05, 4.69) is 10.2 Å². The minimum atomic E-state index is -0.612. The Morgan fingerprint density at radius 1 is 1.27 bits per heavy atom. The zero-order valence-electron chi connectivity index (χ0n) is 11.8. The highest BCUT2D eigenvalue weighted by Gasteiger charge is 2.25. The van der Waals surface area contributed by atoms with Gasteiger partial charge in [0.2, 0.25) is 5.91 Å². The molecule has 2 N–H and O–H groups in total. The summed E-state index contributed by atoms with van der Waals surface area (Å²) in [6, 6.07) is 11.2. The van der Waals surface area contributed by atoms with Gasteiger partial charge in [-0.15, -0.1) is 10.2 Å². The number of primary amides is 1. The molecule has 1 atom stereocenters. The number of nitrogens with two attached hydrogens (primary N) is 1. The molecule has 3 rings (SSSR count). The van der Waals surface area contributed by atoms with E-state index in [-0.39, 0.29) is 0 Å². The van der Waals surface area contributed by atoms with E-state index in [4.69, 9.17) is 22.1 Å². The van der Waals surface area contributed by atoms with Crippen LogP contribution in [0.5, 0.6) is 0 Å². The monoisotopic (exact) mass is 318 g/mol. The Hall–Kier alpha value is -2.18. The fraction of sp³-hybridized carbons (Fsp3) is 0.267. The topological polar surface area (TPSA) is 81.3 Å². The van der Waals surface area contributed by atoms with Gasteiger partial charge in [0.1, 0.15) is 0 Å². The van der Waals surface area contributed by atoms with Crippen LogP contribution in [0.4, 0.5) is 5.82 Å². The van der Waals surface area contributed by atoms with Crippen LogP contribution >= 0.6 is 11.6 Å². The number of hydrogen-bond acceptors (Lipinski definition) is 5. The maximum Gasteiger partial charge on any atom is 0.248 e. The second-order valence-electron chi connectivity index (χ2n) is 4.96. The average molecular weight is 319 g/mol. The van der Waals surface area contributed by atoms with E-state index in [1.54, 1.807) is 0 Å². The normalized spacial score (nSPS) is 18.2. The number of morpholine rings is 1. The van der Waals surface area contributed by atoms with Crippen molar-refractivity contribution in [3.63, 3.8) is 0 Å². The molecule has 0 bridgehead atoms. The molecule has 1 aliphatic heterocycles. The molecule has 6 nitrogen and oxygen atoms in total. The standard InChI is InChI=1S/C15H15ClN4O2/c16-11-4-2-1-3-10(11)12-5-6-14(19-18-12)20-7-8-22-13(9-20)15(17)21/h1-6,13H,7-9H2,(H2,17,21). The van der Waals surface area contributed by atoms with Crippen molar-refractivity contribution >= 4 is 23.3 Å². The lowest BCUT2D eigenvalue weighted by molar-refractivity contribution is -0.130. The lowest BCUT2D eigenvalue weighted by atomic mass is 10.1. The average Bonchev–Trinajstić information content (AvgIpc) is 2.56. The van der Waals surface area contributed by atoms with Crippen LogP contribution in [0.25, 0.3) is 11.3 Å². The van der Waals surface area contributed by atoms with Crippen molar-refractivity contribution in [3.8, 4) is 11.3 Å². The summed E-state index contributed by atoms with van der Waals surface area (Å²) >= 11 is 6.16. The molecule has 1 fully saturated rings. The van der Waals surface area contributed by atoms with Crippen molar-refractivity contribution in [1.82, 2.24) is 10.2 Å². The molecule has 22 heavy (non-hydrogen) atoms. The maximum atomic E-state index is 11.2. The molecule has 1 aliphatic rings. The molecular weight excluding hydrogens is 304 g/mol. The predicted octanol–water partition coefficient (Wildman–Crippen LogP) is 1.49. The van der Waals surface area contributed by atoms with Gasteiger partial charge in [-0.05, 0) is 18.2 Å². The zero-order chi connectivity index (χ0) is 15.5. The minimum absolute atomic E-state index is 0.384. The molecule has 1 saturated heterocycles. The van der Waals surface area contributed by atoms with Crippen molar-refractivity contribution in [1.29, 1.82) is 0 Å². The van der Waals surface area contributed by atoms with E-state index >= 15 is 0 Å². The highest BCUT2D eigenvalue weighted by Crippen LogP contribution is 2.26. The van der Waals surface area contributed by atoms with Gasteiger partial charge in [0.05, 0.1) is 23.9 Å². The van der Waals surface area contributed by atoms with Gasteiger partial charge in [-0.25, -0.2) is 0 Å². The van der Waals surface area contributed by atoms with Crippen molar-refractivity contribution in [2.24, 2.45) is 5.73 Å². The Morgan fingerprint density at radius 3 is 2.77 bits per heavy atom. The first-order valence-electron chi connectivity index (χ1n) is 6.89. The molecule has 1 aromatic heterocycles. The number of hydrogen-bond donors (Lipinski definition) is 1. The highest BCUT2D eigenvalue weighted by atomic mass is 35.5. The van der Waals surface area contributed by atoms with E-state index in [1.807, 2.05) is 41.3 Å². The number of carbonyl (C=O) groups is 1. The molecule has 2 heterocycles. The Balaban J connectivity index is 1.80. The second-order valence-corrected chi connectivity index (χ2v) is 5.37. The van der Waals surface area contributed by atoms with E-state index in [0.29, 0.717) is 36.2 Å². The summed E-state index contributed by atoms with van der Waals surface area (Å²) in [5.74, 6) is 0.218. The van der Waals surface area contributed by atoms with Crippen molar-refractivity contribution in [2.75, 3.05) is 24.6 Å². The zero-order valence-corrected chi connectivity index (χ0v) is 12.5. The molecule has 1 aromatic carbocycles. The van der Waals surface area contributed by atoms with Gasteiger partial charge >= 0.3 is 0 Å².